The summed E-state index contributed by atoms with van der Waals surface area (Å²) in [6, 6.07) is 0. The number of carbonyl (C=O) groups is 1. The molecule has 126 valence electrons. The molecular formula is C15H27ClN4O2. The number of nitrogens with two attached hydrogens (primary N) is 1. The molecule has 0 saturated carbocycles. The van der Waals surface area contributed by atoms with Crippen molar-refractivity contribution in [2.24, 2.45) is 16.6 Å². The molecular weight excluding hydrogens is 304 g/mol. The smallest absolute Gasteiger partial charge is 0.426 e. The maximum Gasteiger partial charge on any atom is 0.426 e. The van der Waals surface area contributed by atoms with Gasteiger partial charge < -0.3 is 10.5 Å². The van der Waals surface area contributed by atoms with Gasteiger partial charge in [-0.05, 0) is 33.6 Å². The van der Waals surface area contributed by atoms with Crippen LogP contribution in [0.4, 0.5) is 4.79 Å². The average molecular weight is 331 g/mol. The highest BCUT2D eigenvalue weighted by atomic mass is 35.5. The molecule has 0 aromatic heterocycles. The molecule has 0 fully saturated rings. The number of rotatable bonds is 4. The van der Waals surface area contributed by atoms with Crippen molar-refractivity contribution in [3.63, 3.8) is 0 Å². The predicted molar refractivity (Wildman–Crippen MR) is 91.3 cm³/mol. The van der Waals surface area contributed by atoms with Crippen LogP contribution >= 0.6 is 11.6 Å². The molecule has 22 heavy (non-hydrogen) atoms. The Morgan fingerprint density at radius 3 is 2.41 bits per heavy atom. The molecule has 0 aliphatic carbocycles. The minimum Gasteiger partial charge on any atom is -0.443 e. The van der Waals surface area contributed by atoms with E-state index in [1.54, 1.807) is 38.8 Å². The number of nitrogens with zero attached hydrogens (tertiary/aromatic N) is 2. The number of hydrogen-bond acceptors (Lipinski definition) is 4. The fraction of sp³-hybridized carbons (Fsp3) is 0.600. The Hall–Kier alpha value is -1.69. The molecule has 6 nitrogen and oxygen atoms in total. The second-order valence-corrected chi connectivity index (χ2v) is 6.79. The van der Waals surface area contributed by atoms with Crippen LogP contribution in [0.25, 0.3) is 0 Å². The molecule has 1 amide bonds. The van der Waals surface area contributed by atoms with Crippen LogP contribution in [-0.4, -0.2) is 29.1 Å². The van der Waals surface area contributed by atoms with Crippen molar-refractivity contribution >= 4 is 23.5 Å². The summed E-state index contributed by atoms with van der Waals surface area (Å²) in [5.41, 5.74) is 8.29. The van der Waals surface area contributed by atoms with Gasteiger partial charge in [-0.1, -0.05) is 32.0 Å². The van der Waals surface area contributed by atoms with E-state index >= 15 is 0 Å². The molecule has 0 unspecified atom stereocenters. The van der Waals surface area contributed by atoms with E-state index in [0.717, 1.165) is 0 Å². The molecule has 0 radical (unpaired) electrons. The van der Waals surface area contributed by atoms with Gasteiger partial charge in [-0.15, -0.1) is 0 Å². The van der Waals surface area contributed by atoms with E-state index < -0.39 is 11.7 Å². The number of halogens is 1. The number of amides is 1. The molecule has 0 atom stereocenters. The Bertz CT molecular complexity index is 461. The Kier molecular flexibility index (Phi) is 8.01. The van der Waals surface area contributed by atoms with Crippen molar-refractivity contribution in [1.29, 1.82) is 0 Å². The summed E-state index contributed by atoms with van der Waals surface area (Å²) in [4.78, 5) is 16.1. The molecule has 0 aliphatic heterocycles. The van der Waals surface area contributed by atoms with E-state index in [4.69, 9.17) is 22.1 Å². The minimum atomic E-state index is -0.597. The fourth-order valence-electron chi connectivity index (χ4n) is 1.47. The molecule has 7 heteroatoms. The van der Waals surface area contributed by atoms with Crippen molar-refractivity contribution < 1.29 is 9.53 Å². The number of hydrogen-bond donors (Lipinski definition) is 2. The topological polar surface area (TPSA) is 80.0 Å². The number of ether oxygens (including phenoxy) is 1. The first-order valence-electron chi connectivity index (χ1n) is 7.04. The number of hydrazine groups is 1. The van der Waals surface area contributed by atoms with Gasteiger partial charge >= 0.3 is 6.09 Å². The predicted octanol–water partition coefficient (Wildman–Crippen LogP) is 3.36. The molecule has 3 N–H and O–H groups in total. The normalized spacial score (nSPS) is 13.1. The minimum absolute atomic E-state index is 0.0900. The summed E-state index contributed by atoms with van der Waals surface area (Å²) in [5.74, 6) is 0.648. The van der Waals surface area contributed by atoms with Crippen LogP contribution < -0.4 is 11.2 Å². The lowest BCUT2D eigenvalue weighted by Gasteiger charge is -2.28. The highest BCUT2D eigenvalue weighted by molar-refractivity contribution is 6.29. The van der Waals surface area contributed by atoms with Crippen LogP contribution in [0, 0.1) is 5.92 Å². The lowest BCUT2D eigenvalue weighted by atomic mass is 10.2. The number of allylic oxidation sites excluding steroid dienone is 1. The second kappa shape index (κ2) is 8.68. The first kappa shape index (κ1) is 20.3. The zero-order valence-electron chi connectivity index (χ0n) is 14.2. The molecule has 0 heterocycles. The Morgan fingerprint density at radius 2 is 2.05 bits per heavy atom. The Labute approximate surface area is 138 Å². The third-order valence-electron chi connectivity index (χ3n) is 2.04. The number of nitrogens with one attached hydrogen (secondary N) is 1. The fourth-order valence-corrected chi connectivity index (χ4v) is 1.56. The first-order valence-corrected chi connectivity index (χ1v) is 7.42. The van der Waals surface area contributed by atoms with Crippen LogP contribution in [0.1, 0.15) is 41.5 Å². The summed E-state index contributed by atoms with van der Waals surface area (Å²) in [5, 5.41) is 1.63. The SMILES string of the molecule is C=C(Cl)N=C(/C=C(/C)N)N(CC(C)C)NC(=O)OC(C)(C)C. The Morgan fingerprint density at radius 1 is 1.50 bits per heavy atom. The van der Waals surface area contributed by atoms with E-state index in [1.807, 2.05) is 13.8 Å². The van der Waals surface area contributed by atoms with Crippen molar-refractivity contribution in [2.75, 3.05) is 6.54 Å². The van der Waals surface area contributed by atoms with E-state index in [1.165, 1.54) is 0 Å². The highest BCUT2D eigenvalue weighted by Crippen LogP contribution is 2.09. The molecule has 0 aromatic rings. The zero-order chi connectivity index (χ0) is 17.5. The summed E-state index contributed by atoms with van der Waals surface area (Å²) in [6.07, 6.45) is 1.02. The van der Waals surface area contributed by atoms with E-state index in [-0.39, 0.29) is 11.1 Å². The summed E-state index contributed by atoms with van der Waals surface area (Å²) in [6.45, 7) is 15.2. The largest absolute Gasteiger partial charge is 0.443 e. The van der Waals surface area contributed by atoms with Gasteiger partial charge in [0.2, 0.25) is 0 Å². The Balaban J connectivity index is 5.35. The number of aliphatic imine (C=N–C) groups is 1. The monoisotopic (exact) mass is 330 g/mol. The third-order valence-corrected chi connectivity index (χ3v) is 2.13. The van der Waals surface area contributed by atoms with Gasteiger partial charge in [0.05, 0.1) is 0 Å². The van der Waals surface area contributed by atoms with Crippen molar-refractivity contribution in [2.45, 2.75) is 47.1 Å². The van der Waals surface area contributed by atoms with Crippen LogP contribution in [0.15, 0.2) is 28.5 Å². The molecule has 0 aliphatic rings. The van der Waals surface area contributed by atoms with Crippen molar-refractivity contribution in [3.8, 4) is 0 Å². The van der Waals surface area contributed by atoms with Crippen molar-refractivity contribution in [3.05, 3.63) is 23.5 Å². The molecule has 0 aromatic carbocycles. The lowest BCUT2D eigenvalue weighted by molar-refractivity contribution is 0.0408. The third kappa shape index (κ3) is 10.1. The number of amidine groups is 1. The second-order valence-electron chi connectivity index (χ2n) is 6.35. The lowest BCUT2D eigenvalue weighted by Crippen LogP contribution is -2.49. The highest BCUT2D eigenvalue weighted by Gasteiger charge is 2.20. The van der Waals surface area contributed by atoms with E-state index in [9.17, 15) is 4.79 Å². The van der Waals surface area contributed by atoms with Crippen molar-refractivity contribution in [1.82, 2.24) is 10.4 Å². The molecule has 0 rings (SSSR count). The van der Waals surface area contributed by atoms with Gasteiger partial charge in [0.15, 0.2) is 5.84 Å². The van der Waals surface area contributed by atoms with Gasteiger partial charge in [-0.25, -0.2) is 15.2 Å². The van der Waals surface area contributed by atoms with Crippen LogP contribution in [0.3, 0.4) is 0 Å². The molecule has 0 saturated heterocycles. The zero-order valence-corrected chi connectivity index (χ0v) is 15.0. The molecule has 0 bridgehead atoms. The van der Waals surface area contributed by atoms with Gasteiger partial charge in [-0.2, -0.15) is 0 Å². The van der Waals surface area contributed by atoms with Crippen LogP contribution in [0.2, 0.25) is 0 Å². The van der Waals surface area contributed by atoms with Gasteiger partial charge in [-0.3, -0.25) is 5.01 Å². The maximum atomic E-state index is 12.0. The quantitative estimate of drug-likeness (QED) is 0.358. The van der Waals surface area contributed by atoms with E-state index in [0.29, 0.717) is 18.1 Å². The maximum absolute atomic E-state index is 12.0. The summed E-state index contributed by atoms with van der Waals surface area (Å²) >= 11 is 5.76. The summed E-state index contributed by atoms with van der Waals surface area (Å²) in [7, 11) is 0. The number of carbonyl (C=O) groups excluding carboxylic acids is 1. The average Bonchev–Trinajstić information content (AvgIpc) is 2.22. The van der Waals surface area contributed by atoms with Gasteiger partial charge in [0, 0.05) is 18.3 Å². The van der Waals surface area contributed by atoms with Crippen LogP contribution in [-0.2, 0) is 4.74 Å². The summed E-state index contributed by atoms with van der Waals surface area (Å²) < 4.78 is 5.26. The molecule has 0 spiro atoms. The van der Waals surface area contributed by atoms with Gasteiger partial charge in [0.1, 0.15) is 10.8 Å². The van der Waals surface area contributed by atoms with Gasteiger partial charge in [0.25, 0.3) is 0 Å². The van der Waals surface area contributed by atoms with E-state index in [2.05, 4.69) is 17.0 Å². The standard InChI is InChI=1S/C15H27ClN4O2/c1-10(2)9-20(19-14(21)22-15(5,6)7)13(8-11(3)17)18-12(4)16/h8,10H,4,9,17H2,1-3,5-7H3,(H,19,21)/b11-8-,18-13?. The first-order chi connectivity index (χ1) is 9.90. The van der Waals surface area contributed by atoms with Crippen LogP contribution in [0.5, 0.6) is 0 Å².